The van der Waals surface area contributed by atoms with Crippen LogP contribution < -0.4 is 10.6 Å². The lowest BCUT2D eigenvalue weighted by atomic mass is 10.2. The van der Waals surface area contributed by atoms with Crippen molar-refractivity contribution in [1.29, 1.82) is 0 Å². The van der Waals surface area contributed by atoms with Crippen LogP contribution in [0.5, 0.6) is 0 Å². The summed E-state index contributed by atoms with van der Waals surface area (Å²) < 4.78 is 5.49. The van der Waals surface area contributed by atoms with Gasteiger partial charge in [0.25, 0.3) is 5.91 Å². The summed E-state index contributed by atoms with van der Waals surface area (Å²) >= 11 is 0. The Bertz CT molecular complexity index is 538. The molecule has 0 saturated heterocycles. The smallest absolute Gasteiger partial charge is 0.253 e. The Labute approximate surface area is 131 Å². The molecule has 0 aromatic heterocycles. The summed E-state index contributed by atoms with van der Waals surface area (Å²) in [7, 11) is 0. The van der Waals surface area contributed by atoms with Gasteiger partial charge in [-0.25, -0.2) is 0 Å². The molecule has 5 nitrogen and oxygen atoms in total. The van der Waals surface area contributed by atoms with Crippen LogP contribution >= 0.6 is 0 Å². The van der Waals surface area contributed by atoms with Gasteiger partial charge in [-0.1, -0.05) is 19.9 Å². The molecule has 2 N–H and O–H groups in total. The van der Waals surface area contributed by atoms with E-state index in [2.05, 4.69) is 10.6 Å². The number of amides is 2. The molecule has 1 aliphatic rings. The Morgan fingerprint density at radius 2 is 1.82 bits per heavy atom. The van der Waals surface area contributed by atoms with Crippen LogP contribution in [0.25, 0.3) is 0 Å². The Hall–Kier alpha value is -1.88. The summed E-state index contributed by atoms with van der Waals surface area (Å²) in [4.78, 5) is 23.8. The predicted octanol–water partition coefficient (Wildman–Crippen LogP) is 3.03. The number of nitrogens with one attached hydrogen (secondary N) is 2. The minimum Gasteiger partial charge on any atom is -0.368 e. The summed E-state index contributed by atoms with van der Waals surface area (Å²) in [5.74, 6) is 0.405. The lowest BCUT2D eigenvalue weighted by Gasteiger charge is -2.15. The number of anilines is 2. The van der Waals surface area contributed by atoms with E-state index in [1.807, 2.05) is 19.9 Å². The highest BCUT2D eigenvalue weighted by atomic mass is 16.5. The Kier molecular flexibility index (Phi) is 5.55. The highest BCUT2D eigenvalue weighted by Crippen LogP contribution is 2.30. The normalized spacial score (nSPS) is 15.5. The van der Waals surface area contributed by atoms with Crippen molar-refractivity contribution in [1.82, 2.24) is 0 Å². The standard InChI is InChI=1S/C17H24N2O3/c1-11(2)10-22-12(3)16(20)18-14-5-4-6-15(9-14)19-17(21)13-7-8-13/h4-6,9,11-13H,7-8,10H2,1-3H3,(H,18,20)(H,19,21)/t12-/m1/s1. The number of rotatable bonds is 7. The summed E-state index contributed by atoms with van der Waals surface area (Å²) in [6.45, 7) is 6.36. The van der Waals surface area contributed by atoms with Crippen LogP contribution in [0.3, 0.4) is 0 Å². The number of carbonyl (C=O) groups excluding carboxylic acids is 2. The van der Waals surface area contributed by atoms with Crippen LogP contribution in [0.2, 0.25) is 0 Å². The molecule has 0 spiro atoms. The Morgan fingerprint density at radius 1 is 1.18 bits per heavy atom. The third-order valence-corrected chi connectivity index (χ3v) is 3.39. The monoisotopic (exact) mass is 304 g/mol. The first kappa shape index (κ1) is 16.5. The second-order valence-corrected chi connectivity index (χ2v) is 6.20. The summed E-state index contributed by atoms with van der Waals surface area (Å²) in [6.07, 6.45) is 1.42. The number of hydrogen-bond donors (Lipinski definition) is 2. The average molecular weight is 304 g/mol. The molecule has 22 heavy (non-hydrogen) atoms. The van der Waals surface area contributed by atoms with Gasteiger partial charge >= 0.3 is 0 Å². The minimum atomic E-state index is -0.507. The van der Waals surface area contributed by atoms with Crippen molar-refractivity contribution in [2.24, 2.45) is 11.8 Å². The maximum absolute atomic E-state index is 12.1. The maximum atomic E-state index is 12.1. The first-order chi connectivity index (χ1) is 10.5. The van der Waals surface area contributed by atoms with Gasteiger partial charge in [0.15, 0.2) is 0 Å². The quantitative estimate of drug-likeness (QED) is 0.813. The molecule has 0 aliphatic heterocycles. The van der Waals surface area contributed by atoms with Gasteiger partial charge in [-0.2, -0.15) is 0 Å². The number of benzene rings is 1. The van der Waals surface area contributed by atoms with Crippen molar-refractivity contribution in [2.45, 2.75) is 39.7 Å². The third-order valence-electron chi connectivity index (χ3n) is 3.39. The van der Waals surface area contributed by atoms with E-state index in [0.29, 0.717) is 23.9 Å². The van der Waals surface area contributed by atoms with Gasteiger partial charge < -0.3 is 15.4 Å². The molecule has 1 aromatic rings. The van der Waals surface area contributed by atoms with Gasteiger partial charge in [0.2, 0.25) is 5.91 Å². The number of hydrogen-bond acceptors (Lipinski definition) is 3. The highest BCUT2D eigenvalue weighted by molar-refractivity contribution is 5.96. The number of carbonyl (C=O) groups is 2. The predicted molar refractivity (Wildman–Crippen MR) is 86.7 cm³/mol. The van der Waals surface area contributed by atoms with Crippen LogP contribution in [0, 0.1) is 11.8 Å². The Balaban J connectivity index is 1.88. The van der Waals surface area contributed by atoms with E-state index in [1.54, 1.807) is 25.1 Å². The molecule has 1 aliphatic carbocycles. The van der Waals surface area contributed by atoms with Gasteiger partial charge in [-0.05, 0) is 43.9 Å². The lowest BCUT2D eigenvalue weighted by Crippen LogP contribution is -2.29. The van der Waals surface area contributed by atoms with Gasteiger partial charge in [0.05, 0.1) is 0 Å². The first-order valence-corrected chi connectivity index (χ1v) is 7.79. The molecular formula is C17H24N2O3. The summed E-state index contributed by atoms with van der Waals surface area (Å²) in [6, 6.07) is 7.17. The molecule has 2 amide bonds. The van der Waals surface area contributed by atoms with Crippen molar-refractivity contribution in [2.75, 3.05) is 17.2 Å². The molecule has 0 unspecified atom stereocenters. The van der Waals surface area contributed by atoms with Crippen molar-refractivity contribution >= 4 is 23.2 Å². The fourth-order valence-electron chi connectivity index (χ4n) is 1.92. The SMILES string of the molecule is CC(C)CO[C@H](C)C(=O)Nc1cccc(NC(=O)C2CC2)c1. The molecule has 5 heteroatoms. The van der Waals surface area contributed by atoms with E-state index in [4.69, 9.17) is 4.74 Å². The van der Waals surface area contributed by atoms with Crippen molar-refractivity contribution in [3.8, 4) is 0 Å². The molecule has 1 fully saturated rings. The molecule has 1 atom stereocenters. The van der Waals surface area contributed by atoms with E-state index in [0.717, 1.165) is 12.8 Å². The second kappa shape index (κ2) is 7.40. The molecule has 1 saturated carbocycles. The average Bonchev–Trinajstić information content (AvgIpc) is 3.29. The van der Waals surface area contributed by atoms with Crippen LogP contribution in [-0.2, 0) is 14.3 Å². The second-order valence-electron chi connectivity index (χ2n) is 6.20. The highest BCUT2D eigenvalue weighted by Gasteiger charge is 2.29. The van der Waals surface area contributed by atoms with Gasteiger partial charge in [0.1, 0.15) is 6.10 Å². The van der Waals surface area contributed by atoms with Crippen molar-refractivity contribution in [3.63, 3.8) is 0 Å². The van der Waals surface area contributed by atoms with E-state index in [-0.39, 0.29) is 17.7 Å². The van der Waals surface area contributed by atoms with Gasteiger partial charge in [0, 0.05) is 23.9 Å². The van der Waals surface area contributed by atoms with Crippen LogP contribution in [0.4, 0.5) is 11.4 Å². The molecule has 0 bridgehead atoms. The van der Waals surface area contributed by atoms with Crippen molar-refractivity contribution < 1.29 is 14.3 Å². The zero-order chi connectivity index (χ0) is 16.1. The molecular weight excluding hydrogens is 280 g/mol. The zero-order valence-corrected chi connectivity index (χ0v) is 13.4. The van der Waals surface area contributed by atoms with Crippen molar-refractivity contribution in [3.05, 3.63) is 24.3 Å². The maximum Gasteiger partial charge on any atom is 0.253 e. The van der Waals surface area contributed by atoms with Crippen LogP contribution in [0.1, 0.15) is 33.6 Å². The third kappa shape index (κ3) is 5.15. The summed E-state index contributed by atoms with van der Waals surface area (Å²) in [5.41, 5.74) is 1.35. The molecule has 0 heterocycles. The Morgan fingerprint density at radius 3 is 2.41 bits per heavy atom. The van der Waals surface area contributed by atoms with Gasteiger partial charge in [-0.15, -0.1) is 0 Å². The van der Waals surface area contributed by atoms with Crippen LogP contribution in [-0.4, -0.2) is 24.5 Å². The van der Waals surface area contributed by atoms with Crippen LogP contribution in [0.15, 0.2) is 24.3 Å². The number of ether oxygens (including phenoxy) is 1. The molecule has 1 aromatic carbocycles. The fourth-order valence-corrected chi connectivity index (χ4v) is 1.92. The van der Waals surface area contributed by atoms with E-state index in [9.17, 15) is 9.59 Å². The topological polar surface area (TPSA) is 67.4 Å². The largest absolute Gasteiger partial charge is 0.368 e. The first-order valence-electron chi connectivity index (χ1n) is 7.79. The van der Waals surface area contributed by atoms with Gasteiger partial charge in [-0.3, -0.25) is 9.59 Å². The lowest BCUT2D eigenvalue weighted by molar-refractivity contribution is -0.127. The zero-order valence-electron chi connectivity index (χ0n) is 13.4. The van der Waals surface area contributed by atoms with E-state index < -0.39 is 6.10 Å². The fraction of sp³-hybridized carbons (Fsp3) is 0.529. The molecule has 0 radical (unpaired) electrons. The molecule has 120 valence electrons. The van der Waals surface area contributed by atoms with E-state index in [1.165, 1.54) is 0 Å². The summed E-state index contributed by atoms with van der Waals surface area (Å²) in [5, 5.41) is 5.67. The molecule has 2 rings (SSSR count). The van der Waals surface area contributed by atoms with E-state index >= 15 is 0 Å². The minimum absolute atomic E-state index is 0.0529.